The van der Waals surface area contributed by atoms with Crippen molar-refractivity contribution in [3.63, 3.8) is 0 Å². The Morgan fingerprint density at radius 1 is 1.22 bits per heavy atom. The predicted molar refractivity (Wildman–Crippen MR) is 124 cm³/mol. The molecule has 1 amide bonds. The number of fused-ring (bicyclic) bond motifs is 1. The fourth-order valence-electron chi connectivity index (χ4n) is 4.41. The molecule has 8 nitrogen and oxygen atoms in total. The van der Waals surface area contributed by atoms with E-state index in [1.165, 1.54) is 11.8 Å². The van der Waals surface area contributed by atoms with E-state index in [2.05, 4.69) is 21.3 Å². The molecule has 1 aliphatic carbocycles. The van der Waals surface area contributed by atoms with Gasteiger partial charge in [0, 0.05) is 26.2 Å². The van der Waals surface area contributed by atoms with Crippen molar-refractivity contribution in [2.75, 3.05) is 38.6 Å². The number of para-hydroxylation sites is 1. The van der Waals surface area contributed by atoms with Crippen LogP contribution in [-0.2, 0) is 16.1 Å². The molecule has 2 heterocycles. The molecule has 4 rings (SSSR count). The average molecular weight is 456 g/mol. The lowest BCUT2D eigenvalue weighted by Crippen LogP contribution is -2.45. The molecule has 1 aromatic heterocycles. The number of carbonyl (C=O) groups is 1. The topological polar surface area (TPSA) is 100 Å². The lowest BCUT2D eigenvalue weighted by molar-refractivity contribution is -0.119. The van der Waals surface area contributed by atoms with Crippen molar-refractivity contribution in [2.45, 2.75) is 49.3 Å². The van der Waals surface area contributed by atoms with Gasteiger partial charge in [0.25, 0.3) is 5.56 Å². The Labute approximate surface area is 191 Å². The van der Waals surface area contributed by atoms with Crippen molar-refractivity contribution < 1.29 is 9.53 Å². The summed E-state index contributed by atoms with van der Waals surface area (Å²) in [5.41, 5.74) is -0.189. The summed E-state index contributed by atoms with van der Waals surface area (Å²) in [4.78, 5) is 32.8. The molecule has 1 saturated heterocycles. The van der Waals surface area contributed by atoms with E-state index in [1.807, 2.05) is 18.2 Å². The number of nitrogens with one attached hydrogen (secondary N) is 1. The third-order valence-electron chi connectivity index (χ3n) is 6.17. The molecule has 2 aromatic rings. The molecular weight excluding hydrogens is 426 g/mol. The zero-order chi connectivity index (χ0) is 22.4. The lowest BCUT2D eigenvalue weighted by atomic mass is 10.0. The number of nitriles is 1. The number of amides is 1. The van der Waals surface area contributed by atoms with Gasteiger partial charge in [-0.15, -0.1) is 0 Å². The molecule has 32 heavy (non-hydrogen) atoms. The van der Waals surface area contributed by atoms with Gasteiger partial charge in [-0.1, -0.05) is 23.9 Å². The van der Waals surface area contributed by atoms with Crippen LogP contribution < -0.4 is 10.9 Å². The van der Waals surface area contributed by atoms with Gasteiger partial charge in [-0.3, -0.25) is 19.1 Å². The molecule has 0 spiro atoms. The van der Waals surface area contributed by atoms with Crippen molar-refractivity contribution >= 4 is 28.6 Å². The summed E-state index contributed by atoms with van der Waals surface area (Å²) in [7, 11) is 0. The lowest BCUT2D eigenvalue weighted by Gasteiger charge is -2.26. The molecule has 1 aliphatic heterocycles. The minimum absolute atomic E-state index is 0.0789. The number of carbonyl (C=O) groups excluding carboxylic acids is 1. The van der Waals surface area contributed by atoms with E-state index in [-0.39, 0.29) is 17.2 Å². The van der Waals surface area contributed by atoms with Gasteiger partial charge in [-0.05, 0) is 44.2 Å². The van der Waals surface area contributed by atoms with Crippen molar-refractivity contribution in [3.8, 4) is 6.07 Å². The van der Waals surface area contributed by atoms with Crippen LogP contribution in [0.1, 0.15) is 32.1 Å². The van der Waals surface area contributed by atoms with Crippen LogP contribution in [0.2, 0.25) is 0 Å². The van der Waals surface area contributed by atoms with E-state index in [0.717, 1.165) is 52.1 Å². The number of rotatable bonds is 8. The largest absolute Gasteiger partial charge is 0.379 e. The summed E-state index contributed by atoms with van der Waals surface area (Å²) in [6.45, 7) is 4.74. The molecular formula is C23H29N5O3S. The number of hydrogen-bond donors (Lipinski definition) is 1. The zero-order valence-electron chi connectivity index (χ0n) is 18.2. The Kier molecular flexibility index (Phi) is 7.45. The first-order valence-corrected chi connectivity index (χ1v) is 12.2. The highest BCUT2D eigenvalue weighted by molar-refractivity contribution is 7.99. The van der Waals surface area contributed by atoms with Gasteiger partial charge < -0.3 is 10.1 Å². The van der Waals surface area contributed by atoms with Crippen molar-refractivity contribution in [1.29, 1.82) is 5.26 Å². The second kappa shape index (κ2) is 10.5. The highest BCUT2D eigenvalue weighted by Crippen LogP contribution is 2.29. The van der Waals surface area contributed by atoms with Crippen LogP contribution in [-0.4, -0.2) is 64.5 Å². The van der Waals surface area contributed by atoms with Crippen LogP contribution in [0.3, 0.4) is 0 Å². The van der Waals surface area contributed by atoms with Gasteiger partial charge >= 0.3 is 0 Å². The summed E-state index contributed by atoms with van der Waals surface area (Å²) in [6.07, 6.45) is 4.11. The Morgan fingerprint density at radius 2 is 1.97 bits per heavy atom. The first kappa shape index (κ1) is 22.8. The van der Waals surface area contributed by atoms with Crippen molar-refractivity contribution in [3.05, 3.63) is 34.6 Å². The number of morpholine rings is 1. The van der Waals surface area contributed by atoms with Crippen LogP contribution in [0, 0.1) is 11.3 Å². The number of hydrogen-bond acceptors (Lipinski definition) is 7. The van der Waals surface area contributed by atoms with Gasteiger partial charge in [0.05, 0.1) is 35.9 Å². The summed E-state index contributed by atoms with van der Waals surface area (Å²) in [6, 6.07) is 9.60. The summed E-state index contributed by atoms with van der Waals surface area (Å²) < 4.78 is 7.09. The third kappa shape index (κ3) is 5.31. The van der Waals surface area contributed by atoms with Crippen LogP contribution in [0.15, 0.2) is 34.2 Å². The average Bonchev–Trinajstić information content (AvgIpc) is 3.29. The normalized spacial score (nSPS) is 18.5. The number of ether oxygens (including phenoxy) is 1. The summed E-state index contributed by atoms with van der Waals surface area (Å²) in [5.74, 6) is -0.0711. The number of aromatic nitrogens is 2. The standard InChI is InChI=1S/C23H29N5O3S/c24-17-23(8-3-4-9-23)26-20(29)16-32-22-25-19-7-2-1-6-18(19)21(30)28(22)11-5-10-27-12-14-31-15-13-27/h1-2,6-7H,3-5,8-16H2,(H,26,29). The highest BCUT2D eigenvalue weighted by atomic mass is 32.2. The smallest absolute Gasteiger partial charge is 0.262 e. The molecule has 0 atom stereocenters. The SMILES string of the molecule is N#CC1(NC(=O)CSc2nc3ccccc3c(=O)n2CCCN2CCOCC2)CCCC1. The fraction of sp³-hybridized carbons (Fsp3) is 0.565. The molecule has 9 heteroatoms. The van der Waals surface area contributed by atoms with Gasteiger partial charge in [0.1, 0.15) is 5.54 Å². The molecule has 2 aliphatic rings. The Balaban J connectivity index is 1.47. The van der Waals surface area contributed by atoms with E-state index < -0.39 is 5.54 Å². The second-order valence-corrected chi connectivity index (χ2v) is 9.36. The molecule has 1 N–H and O–H groups in total. The van der Waals surface area contributed by atoms with E-state index >= 15 is 0 Å². The number of thioether (sulfide) groups is 1. The molecule has 170 valence electrons. The molecule has 1 saturated carbocycles. The molecule has 2 fully saturated rings. The van der Waals surface area contributed by atoms with Crippen LogP contribution in [0.25, 0.3) is 10.9 Å². The maximum atomic E-state index is 13.2. The monoisotopic (exact) mass is 455 g/mol. The van der Waals surface area contributed by atoms with Crippen molar-refractivity contribution in [2.24, 2.45) is 0 Å². The maximum absolute atomic E-state index is 13.2. The van der Waals surface area contributed by atoms with E-state index in [4.69, 9.17) is 4.74 Å². The van der Waals surface area contributed by atoms with Crippen molar-refractivity contribution in [1.82, 2.24) is 19.8 Å². The number of benzene rings is 1. The van der Waals surface area contributed by atoms with Crippen LogP contribution in [0.5, 0.6) is 0 Å². The minimum Gasteiger partial charge on any atom is -0.379 e. The number of nitrogens with zero attached hydrogens (tertiary/aromatic N) is 4. The quantitative estimate of drug-likeness (QED) is 0.481. The highest BCUT2D eigenvalue weighted by Gasteiger charge is 2.35. The Bertz CT molecular complexity index is 1050. The zero-order valence-corrected chi connectivity index (χ0v) is 19.0. The first-order chi connectivity index (χ1) is 15.6. The molecule has 1 aromatic carbocycles. The fourth-order valence-corrected chi connectivity index (χ4v) is 5.23. The molecule has 0 unspecified atom stereocenters. The van der Waals surface area contributed by atoms with Crippen LogP contribution in [0.4, 0.5) is 0 Å². The minimum atomic E-state index is -0.744. The van der Waals surface area contributed by atoms with E-state index in [0.29, 0.717) is 35.4 Å². The third-order valence-corrected chi connectivity index (χ3v) is 7.14. The van der Waals surface area contributed by atoms with Crippen LogP contribution >= 0.6 is 11.8 Å². The summed E-state index contributed by atoms with van der Waals surface area (Å²) in [5, 5.41) is 13.6. The van der Waals surface area contributed by atoms with Gasteiger partial charge in [0.15, 0.2) is 5.16 Å². The summed E-state index contributed by atoms with van der Waals surface area (Å²) >= 11 is 1.26. The Hall–Kier alpha value is -2.41. The Morgan fingerprint density at radius 3 is 2.72 bits per heavy atom. The first-order valence-electron chi connectivity index (χ1n) is 11.2. The van der Waals surface area contributed by atoms with Gasteiger partial charge in [-0.2, -0.15) is 5.26 Å². The molecule has 0 bridgehead atoms. The predicted octanol–water partition coefficient (Wildman–Crippen LogP) is 2.16. The van der Waals surface area contributed by atoms with Gasteiger partial charge in [-0.25, -0.2) is 4.98 Å². The van der Waals surface area contributed by atoms with Gasteiger partial charge in [0.2, 0.25) is 5.91 Å². The van der Waals surface area contributed by atoms with E-state index in [1.54, 1.807) is 10.6 Å². The second-order valence-electron chi connectivity index (χ2n) is 8.41. The van der Waals surface area contributed by atoms with E-state index in [9.17, 15) is 14.9 Å². The maximum Gasteiger partial charge on any atom is 0.262 e. The molecule has 0 radical (unpaired) electrons.